The second-order valence-electron chi connectivity index (χ2n) is 13.1. The molecule has 1 saturated heterocycles. The van der Waals surface area contributed by atoms with Crippen molar-refractivity contribution < 1.29 is 14.4 Å². The van der Waals surface area contributed by atoms with Crippen molar-refractivity contribution in [2.75, 3.05) is 45.1 Å². The van der Waals surface area contributed by atoms with Crippen molar-refractivity contribution in [1.82, 2.24) is 30.3 Å². The van der Waals surface area contributed by atoms with Crippen LogP contribution in [0.3, 0.4) is 0 Å². The number of anilines is 1. The lowest BCUT2D eigenvalue weighted by molar-refractivity contribution is -0.130. The average molecular weight is 720 g/mol. The maximum Gasteiger partial charge on any atom is 0.253 e. The summed E-state index contributed by atoms with van der Waals surface area (Å²) in [5, 5.41) is 14.0. The van der Waals surface area contributed by atoms with Gasteiger partial charge in [-0.1, -0.05) is 36.4 Å². The van der Waals surface area contributed by atoms with Gasteiger partial charge in [-0.15, -0.1) is 22.6 Å². The average Bonchev–Trinajstić information content (AvgIpc) is 3.58. The third kappa shape index (κ3) is 9.28. The van der Waals surface area contributed by atoms with Crippen molar-refractivity contribution in [3.63, 3.8) is 0 Å². The number of H-pyrrole nitrogens is 1. The Kier molecular flexibility index (Phi) is 12.6. The van der Waals surface area contributed by atoms with Crippen LogP contribution in [0.2, 0.25) is 5.28 Å². The molecule has 264 valence electrons. The van der Waals surface area contributed by atoms with Crippen LogP contribution in [-0.4, -0.2) is 88.5 Å². The maximum atomic E-state index is 13.8. The summed E-state index contributed by atoms with van der Waals surface area (Å²) < 4.78 is 0. The molecule has 2 aliphatic rings. The molecular weight excluding hydrogens is 675 g/mol. The van der Waals surface area contributed by atoms with Crippen LogP contribution in [0.25, 0.3) is 22.5 Å². The van der Waals surface area contributed by atoms with Gasteiger partial charge in [0.15, 0.2) is 5.82 Å². The number of hydrogen-bond acceptors (Lipinski definition) is 7. The summed E-state index contributed by atoms with van der Waals surface area (Å²) in [6.45, 7) is 3.83. The van der Waals surface area contributed by atoms with E-state index in [1.54, 1.807) is 12.1 Å². The summed E-state index contributed by atoms with van der Waals surface area (Å²) >= 11 is 5.88. The summed E-state index contributed by atoms with van der Waals surface area (Å²) in [5.41, 5.74) is 10.7. The molecule has 5 N–H and O–H groups in total. The number of aromatic amines is 1. The van der Waals surface area contributed by atoms with Gasteiger partial charge < -0.3 is 31.2 Å². The molecule has 1 aliphatic heterocycles. The predicted molar refractivity (Wildman–Crippen MR) is 198 cm³/mol. The lowest BCUT2D eigenvalue weighted by atomic mass is 9.81. The summed E-state index contributed by atoms with van der Waals surface area (Å²) in [6.07, 6.45) is 3.65. The highest BCUT2D eigenvalue weighted by molar-refractivity contribution is 6.28. The fraction of sp³-hybridized carbons (Fsp3) is 0.378. The van der Waals surface area contributed by atoms with Crippen LogP contribution in [0.5, 0.6) is 0 Å². The van der Waals surface area contributed by atoms with Crippen LogP contribution in [0.1, 0.15) is 41.6 Å². The highest BCUT2D eigenvalue weighted by Crippen LogP contribution is 2.29. The van der Waals surface area contributed by atoms with E-state index < -0.39 is 6.04 Å². The van der Waals surface area contributed by atoms with E-state index >= 15 is 0 Å². The molecule has 2 heterocycles. The predicted octanol–water partition coefficient (Wildman–Crippen LogP) is 5.03. The SMILES string of the molecule is CN1CCN(C(=O)c2ccc(-c3cccc(C[C@H](NC(=O)C4CCC(CN)CC4)C(=O)Nc4ccc(-c5nnc(Cl)[nH]5)cc4)c3)cc2)CC1.Cl. The number of halogens is 2. The second-order valence-corrected chi connectivity index (χ2v) is 13.5. The van der Waals surface area contributed by atoms with Gasteiger partial charge >= 0.3 is 0 Å². The molecule has 0 radical (unpaired) electrons. The summed E-state index contributed by atoms with van der Waals surface area (Å²) in [7, 11) is 2.07. The van der Waals surface area contributed by atoms with Crippen molar-refractivity contribution in [3.05, 3.63) is 89.2 Å². The zero-order valence-electron chi connectivity index (χ0n) is 28.1. The molecule has 1 saturated carbocycles. The van der Waals surface area contributed by atoms with Gasteiger partial charge in [-0.2, -0.15) is 0 Å². The zero-order chi connectivity index (χ0) is 34.3. The van der Waals surface area contributed by atoms with Gasteiger partial charge in [0, 0.05) is 55.3 Å². The molecule has 0 unspecified atom stereocenters. The highest BCUT2D eigenvalue weighted by Gasteiger charge is 2.29. The van der Waals surface area contributed by atoms with Gasteiger partial charge in [0.05, 0.1) is 0 Å². The number of likely N-dealkylation sites (N-methyl/N-ethyl adjacent to an activating group) is 1. The van der Waals surface area contributed by atoms with Gasteiger partial charge in [0.25, 0.3) is 5.91 Å². The van der Waals surface area contributed by atoms with E-state index in [-0.39, 0.29) is 41.3 Å². The van der Waals surface area contributed by atoms with Gasteiger partial charge in [0.2, 0.25) is 17.1 Å². The molecule has 1 atom stereocenters. The van der Waals surface area contributed by atoms with Gasteiger partial charge in [-0.05, 0) is 110 Å². The molecule has 11 nitrogen and oxygen atoms in total. The number of piperazine rings is 1. The molecular formula is C37H44Cl2N8O3. The van der Waals surface area contributed by atoms with E-state index in [9.17, 15) is 14.4 Å². The first-order valence-corrected chi connectivity index (χ1v) is 17.3. The van der Waals surface area contributed by atoms with Gasteiger partial charge in [-0.3, -0.25) is 14.4 Å². The summed E-state index contributed by atoms with van der Waals surface area (Å²) in [6, 6.07) is 22.0. The Morgan fingerprint density at radius 1 is 0.900 bits per heavy atom. The smallest absolute Gasteiger partial charge is 0.253 e. The number of carbonyl (C=O) groups is 3. The number of rotatable bonds is 10. The molecule has 6 rings (SSSR count). The number of nitrogens with zero attached hydrogens (tertiary/aromatic N) is 4. The lowest BCUT2D eigenvalue weighted by Crippen LogP contribution is -2.48. The number of carbonyl (C=O) groups excluding carboxylic acids is 3. The van der Waals surface area contributed by atoms with Crippen molar-refractivity contribution in [2.24, 2.45) is 17.6 Å². The third-order valence-corrected chi connectivity index (χ3v) is 9.86. The van der Waals surface area contributed by atoms with E-state index in [0.717, 1.165) is 74.1 Å². The van der Waals surface area contributed by atoms with Crippen LogP contribution in [0, 0.1) is 11.8 Å². The van der Waals surface area contributed by atoms with Crippen molar-refractivity contribution in [3.8, 4) is 22.5 Å². The lowest BCUT2D eigenvalue weighted by Gasteiger charge is -2.32. The first-order chi connectivity index (χ1) is 23.7. The van der Waals surface area contributed by atoms with E-state index in [4.69, 9.17) is 17.3 Å². The summed E-state index contributed by atoms with van der Waals surface area (Å²) in [4.78, 5) is 47.3. The Morgan fingerprint density at radius 3 is 2.22 bits per heavy atom. The van der Waals surface area contributed by atoms with Crippen LogP contribution >= 0.6 is 24.0 Å². The minimum absolute atomic E-state index is 0. The quantitative estimate of drug-likeness (QED) is 0.180. The van der Waals surface area contributed by atoms with E-state index in [1.807, 2.05) is 65.6 Å². The van der Waals surface area contributed by atoms with Crippen molar-refractivity contribution in [2.45, 2.75) is 38.1 Å². The van der Waals surface area contributed by atoms with Crippen molar-refractivity contribution >= 4 is 47.4 Å². The Hall–Kier alpha value is -4.29. The Morgan fingerprint density at radius 2 is 1.58 bits per heavy atom. The normalized spacial score (nSPS) is 18.5. The topological polar surface area (TPSA) is 149 Å². The Balaban J connectivity index is 0.00000486. The fourth-order valence-corrected chi connectivity index (χ4v) is 6.71. The van der Waals surface area contributed by atoms with E-state index in [2.05, 4.69) is 37.8 Å². The fourth-order valence-electron chi connectivity index (χ4n) is 6.58. The van der Waals surface area contributed by atoms with Crippen LogP contribution < -0.4 is 16.4 Å². The Labute approximate surface area is 303 Å². The van der Waals surface area contributed by atoms with Crippen LogP contribution in [0.4, 0.5) is 5.69 Å². The molecule has 50 heavy (non-hydrogen) atoms. The first-order valence-electron chi connectivity index (χ1n) is 16.9. The maximum absolute atomic E-state index is 13.8. The molecule has 3 amide bonds. The monoisotopic (exact) mass is 718 g/mol. The van der Waals surface area contributed by atoms with Crippen LogP contribution in [-0.2, 0) is 16.0 Å². The standard InChI is InChI=1S/C37H43ClN8O3.ClH/c1-45-17-19-46(20-18-45)36(49)29-11-9-26(10-12-29)30-4-2-3-25(21-30)22-32(41-34(47)28-7-5-24(23-39)6-8-28)35(48)40-31-15-13-27(14-16-31)33-42-37(38)44-43-33;/h2-4,9-16,21,24,28,32H,5-8,17-20,22-23,39H2,1H3,(H,40,48)(H,41,47)(H,42,43,44);1H/t24?,28?,32-;/m0./s1. The molecule has 1 aliphatic carbocycles. The molecule has 2 fully saturated rings. The summed E-state index contributed by atoms with van der Waals surface area (Å²) in [5.74, 6) is 0.451. The molecule has 0 bridgehead atoms. The number of hydrogen-bond donors (Lipinski definition) is 4. The highest BCUT2D eigenvalue weighted by atomic mass is 35.5. The van der Waals surface area contributed by atoms with Crippen molar-refractivity contribution in [1.29, 1.82) is 0 Å². The molecule has 0 spiro atoms. The Bertz CT molecular complexity index is 1750. The molecule has 13 heteroatoms. The van der Waals surface area contributed by atoms with E-state index in [1.165, 1.54) is 0 Å². The largest absolute Gasteiger partial charge is 0.344 e. The number of aromatic nitrogens is 3. The van der Waals surface area contributed by atoms with Crippen LogP contribution in [0.15, 0.2) is 72.8 Å². The number of nitrogens with one attached hydrogen (secondary N) is 3. The number of benzene rings is 3. The minimum Gasteiger partial charge on any atom is -0.344 e. The first kappa shape index (κ1) is 37.0. The molecule has 1 aromatic heterocycles. The molecule has 4 aromatic rings. The third-order valence-electron chi connectivity index (χ3n) is 9.69. The number of amides is 3. The second kappa shape index (κ2) is 17.1. The zero-order valence-corrected chi connectivity index (χ0v) is 29.7. The molecule has 3 aromatic carbocycles. The van der Waals surface area contributed by atoms with Gasteiger partial charge in [-0.25, -0.2) is 0 Å². The van der Waals surface area contributed by atoms with E-state index in [0.29, 0.717) is 36.0 Å². The van der Waals surface area contributed by atoms with Gasteiger partial charge in [0.1, 0.15) is 6.04 Å². The minimum atomic E-state index is -0.800. The number of nitrogens with two attached hydrogens (primary N) is 1.